The zero-order valence-electron chi connectivity index (χ0n) is 18.2. The summed E-state index contributed by atoms with van der Waals surface area (Å²) in [6.45, 7) is 10.1. The van der Waals surface area contributed by atoms with E-state index in [-0.39, 0.29) is 0 Å². The summed E-state index contributed by atoms with van der Waals surface area (Å²) in [6.07, 6.45) is 2.33. The quantitative estimate of drug-likeness (QED) is 0.517. The Morgan fingerprint density at radius 2 is 1.83 bits per heavy atom. The number of carboxylic acids is 1. The highest BCUT2D eigenvalue weighted by Crippen LogP contribution is 2.46. The van der Waals surface area contributed by atoms with E-state index in [1.165, 1.54) is 5.56 Å². The Balaban J connectivity index is 0.000000326. The second kappa shape index (κ2) is 10.4. The fraction of sp³-hybridized carbons (Fsp3) is 0.636. The van der Waals surface area contributed by atoms with Gasteiger partial charge in [0.25, 0.3) is 0 Å². The van der Waals surface area contributed by atoms with Gasteiger partial charge in [-0.05, 0) is 64.2 Å². The lowest BCUT2D eigenvalue weighted by Crippen LogP contribution is -2.61. The van der Waals surface area contributed by atoms with Gasteiger partial charge in [0.15, 0.2) is 5.11 Å². The van der Waals surface area contributed by atoms with Crippen LogP contribution in [0.2, 0.25) is 0 Å². The molecule has 0 bridgehead atoms. The van der Waals surface area contributed by atoms with Crippen molar-refractivity contribution in [1.29, 1.82) is 0 Å². The molecule has 1 aliphatic rings. The van der Waals surface area contributed by atoms with E-state index in [0.29, 0.717) is 37.3 Å². The minimum atomic E-state index is -0.895. The molecule has 0 spiro atoms. The summed E-state index contributed by atoms with van der Waals surface area (Å²) >= 11 is 4.66. The Labute approximate surface area is 179 Å². The van der Waals surface area contributed by atoms with E-state index in [1.807, 2.05) is 51.1 Å². The Morgan fingerprint density at radius 3 is 2.24 bits per heavy atom. The fourth-order valence-corrected chi connectivity index (χ4v) is 4.07. The van der Waals surface area contributed by atoms with Crippen LogP contribution in [0, 0.1) is 5.92 Å². The predicted octanol–water partition coefficient (Wildman–Crippen LogP) is 3.61. The number of ether oxygens (including phenoxy) is 1. The zero-order valence-corrected chi connectivity index (χ0v) is 19.0. The molecule has 2 unspecified atom stereocenters. The molecule has 0 aliphatic carbocycles. The lowest BCUT2D eigenvalue weighted by molar-refractivity contribution is -0.265. The van der Waals surface area contributed by atoms with Gasteiger partial charge in [0.05, 0.1) is 22.7 Å². The molecule has 7 heteroatoms. The average molecular weight is 425 g/mol. The van der Waals surface area contributed by atoms with Crippen molar-refractivity contribution in [3.8, 4) is 0 Å². The molecule has 1 aromatic rings. The van der Waals surface area contributed by atoms with Gasteiger partial charge >= 0.3 is 5.97 Å². The molecule has 1 heterocycles. The Morgan fingerprint density at radius 1 is 1.28 bits per heavy atom. The molecule has 1 aromatic carbocycles. The van der Waals surface area contributed by atoms with Crippen LogP contribution >= 0.6 is 12.2 Å². The lowest BCUT2D eigenvalue weighted by atomic mass is 9.70. The summed E-state index contributed by atoms with van der Waals surface area (Å²) in [5.74, 6) is -1.33. The molecule has 1 saturated heterocycles. The van der Waals surface area contributed by atoms with E-state index in [0.717, 1.165) is 0 Å². The van der Waals surface area contributed by atoms with E-state index in [2.05, 4.69) is 17.5 Å². The first-order valence-electron chi connectivity index (χ1n) is 10.1. The summed E-state index contributed by atoms with van der Waals surface area (Å²) in [5.41, 5.74) is 4.12. The Kier molecular flexibility index (Phi) is 9.06. The summed E-state index contributed by atoms with van der Waals surface area (Å²) in [5, 5.41) is 23.1. The van der Waals surface area contributed by atoms with Gasteiger partial charge in [-0.1, -0.05) is 44.2 Å². The first-order chi connectivity index (χ1) is 13.4. The van der Waals surface area contributed by atoms with E-state index in [9.17, 15) is 15.0 Å². The van der Waals surface area contributed by atoms with Crippen molar-refractivity contribution < 1.29 is 19.7 Å². The van der Waals surface area contributed by atoms with Crippen molar-refractivity contribution in [3.63, 3.8) is 0 Å². The molecule has 1 fully saturated rings. The number of carboxylic acid groups (broad SMARTS) is 1. The van der Waals surface area contributed by atoms with Crippen molar-refractivity contribution in [3.05, 3.63) is 35.9 Å². The van der Waals surface area contributed by atoms with Gasteiger partial charge in [-0.25, -0.2) is 0 Å². The average Bonchev–Trinajstić information content (AvgIpc) is 2.65. The van der Waals surface area contributed by atoms with Crippen molar-refractivity contribution in [2.24, 2.45) is 11.7 Å². The maximum absolute atomic E-state index is 11.2. The van der Waals surface area contributed by atoms with Crippen molar-refractivity contribution in [2.75, 3.05) is 0 Å². The SMILES string of the molecule is CCC(O)(CC)C1(C)CCC(C(=O)O)C(C)(C)O1.NC(=S)NCc1ccccc1. The number of hydrogen-bond donors (Lipinski definition) is 4. The molecule has 0 aromatic heterocycles. The van der Waals surface area contributed by atoms with Gasteiger partial charge in [-0.2, -0.15) is 0 Å². The number of hydrogen-bond acceptors (Lipinski definition) is 4. The highest BCUT2D eigenvalue weighted by Gasteiger charge is 2.54. The fourth-order valence-electron chi connectivity index (χ4n) is 4.00. The van der Waals surface area contributed by atoms with Crippen LogP contribution in [0.1, 0.15) is 65.9 Å². The van der Waals surface area contributed by atoms with Gasteiger partial charge in [0, 0.05) is 6.54 Å². The van der Waals surface area contributed by atoms with Crippen molar-refractivity contribution in [2.45, 2.75) is 83.6 Å². The maximum atomic E-state index is 11.2. The van der Waals surface area contributed by atoms with Crippen LogP contribution < -0.4 is 11.1 Å². The van der Waals surface area contributed by atoms with Gasteiger partial charge in [-0.3, -0.25) is 4.79 Å². The molecule has 164 valence electrons. The van der Waals surface area contributed by atoms with E-state index < -0.39 is 28.7 Å². The summed E-state index contributed by atoms with van der Waals surface area (Å²) < 4.78 is 6.05. The van der Waals surface area contributed by atoms with Crippen LogP contribution in [0.4, 0.5) is 0 Å². The lowest BCUT2D eigenvalue weighted by Gasteiger charge is -2.53. The molecule has 29 heavy (non-hydrogen) atoms. The molecule has 1 aliphatic heterocycles. The third-order valence-electron chi connectivity index (χ3n) is 6.00. The van der Waals surface area contributed by atoms with Crippen LogP contribution in [-0.4, -0.2) is 38.1 Å². The number of aliphatic hydroxyl groups is 1. The summed E-state index contributed by atoms with van der Waals surface area (Å²) in [4.78, 5) is 11.2. The minimum absolute atomic E-state index is 0.342. The molecular weight excluding hydrogens is 388 g/mol. The Bertz CT molecular complexity index is 677. The van der Waals surface area contributed by atoms with Gasteiger partial charge in [-0.15, -0.1) is 0 Å². The van der Waals surface area contributed by atoms with Crippen molar-refractivity contribution >= 4 is 23.3 Å². The highest BCUT2D eigenvalue weighted by molar-refractivity contribution is 7.80. The molecular formula is C22H36N2O4S. The molecule has 0 saturated carbocycles. The number of aliphatic carboxylic acids is 1. The third kappa shape index (κ3) is 6.66. The predicted molar refractivity (Wildman–Crippen MR) is 120 cm³/mol. The van der Waals surface area contributed by atoms with Crippen LogP contribution in [0.5, 0.6) is 0 Å². The number of benzene rings is 1. The van der Waals surface area contributed by atoms with Gasteiger partial charge < -0.3 is 26.0 Å². The largest absolute Gasteiger partial charge is 0.481 e. The van der Waals surface area contributed by atoms with Crippen LogP contribution in [0.15, 0.2) is 30.3 Å². The number of rotatable bonds is 6. The maximum Gasteiger partial charge on any atom is 0.309 e. The van der Waals surface area contributed by atoms with E-state index >= 15 is 0 Å². The monoisotopic (exact) mass is 424 g/mol. The second-order valence-electron chi connectivity index (χ2n) is 8.31. The van der Waals surface area contributed by atoms with Crippen LogP contribution in [0.3, 0.4) is 0 Å². The second-order valence-corrected chi connectivity index (χ2v) is 8.75. The molecule has 0 amide bonds. The normalized spacial score (nSPS) is 23.4. The molecule has 5 N–H and O–H groups in total. The highest BCUT2D eigenvalue weighted by atomic mass is 32.1. The number of thiocarbonyl (C=S) groups is 1. The van der Waals surface area contributed by atoms with Gasteiger partial charge in [0.1, 0.15) is 0 Å². The smallest absolute Gasteiger partial charge is 0.309 e. The number of nitrogens with one attached hydrogen (secondary N) is 1. The molecule has 2 rings (SSSR count). The zero-order chi connectivity index (χ0) is 22.3. The number of carbonyl (C=O) groups is 1. The Hall–Kier alpha value is -1.70. The topological polar surface area (TPSA) is 105 Å². The first-order valence-corrected chi connectivity index (χ1v) is 10.5. The summed E-state index contributed by atoms with van der Waals surface area (Å²) in [6, 6.07) is 9.98. The standard InChI is InChI=1S/C14H26O4.C8H10N2S/c1-6-14(17,7-2)13(5)9-8-10(11(15)16)12(3,4)18-13;9-8(11)10-6-7-4-2-1-3-5-7/h10,17H,6-9H2,1-5H3,(H,15,16);1-5H,6H2,(H3,9,10,11). The van der Waals surface area contributed by atoms with Crippen molar-refractivity contribution in [1.82, 2.24) is 5.32 Å². The molecule has 0 radical (unpaired) electrons. The van der Waals surface area contributed by atoms with Crippen LogP contribution in [-0.2, 0) is 16.1 Å². The van der Waals surface area contributed by atoms with E-state index in [4.69, 9.17) is 10.5 Å². The molecule has 6 nitrogen and oxygen atoms in total. The van der Waals surface area contributed by atoms with Gasteiger partial charge in [0.2, 0.25) is 0 Å². The third-order valence-corrected chi connectivity index (χ3v) is 6.14. The first kappa shape index (κ1) is 25.3. The van der Waals surface area contributed by atoms with E-state index in [1.54, 1.807) is 13.8 Å². The minimum Gasteiger partial charge on any atom is -0.481 e. The molecule has 2 atom stereocenters. The van der Waals surface area contributed by atoms with Crippen LogP contribution in [0.25, 0.3) is 0 Å². The number of nitrogens with two attached hydrogens (primary N) is 1. The summed E-state index contributed by atoms with van der Waals surface area (Å²) in [7, 11) is 0.